The fourth-order valence-electron chi connectivity index (χ4n) is 2.41. The third kappa shape index (κ3) is 1.85. The molecular formula is C16H10N2O3S. The zero-order chi connectivity index (χ0) is 15.3. The maximum Gasteiger partial charge on any atom is 0.274 e. The van der Waals surface area contributed by atoms with E-state index < -0.39 is 0 Å². The van der Waals surface area contributed by atoms with Crippen LogP contribution in [0.2, 0.25) is 0 Å². The highest BCUT2D eigenvalue weighted by atomic mass is 32.1. The van der Waals surface area contributed by atoms with Crippen molar-refractivity contribution >= 4 is 33.4 Å². The molecule has 5 nitrogen and oxygen atoms in total. The first-order valence-corrected chi connectivity index (χ1v) is 7.39. The second-order valence-corrected chi connectivity index (χ2v) is 5.89. The minimum absolute atomic E-state index is 0.0241. The Hall–Kier alpha value is -2.86. The lowest BCUT2D eigenvalue weighted by Gasteiger charge is -1.98. The number of hydrogen-bond donors (Lipinski definition) is 2. The van der Waals surface area contributed by atoms with E-state index in [1.165, 1.54) is 23.5 Å². The Morgan fingerprint density at radius 1 is 1.14 bits per heavy atom. The fraction of sp³-hybridized carbons (Fsp3) is 0. The van der Waals surface area contributed by atoms with E-state index in [2.05, 4.69) is 4.98 Å². The SMILES string of the molecule is O=c1c(=Cc2ccc(O)cc2O)sc2nc3ccccc3n12. The number of phenols is 2. The van der Waals surface area contributed by atoms with E-state index in [0.29, 0.717) is 15.1 Å². The van der Waals surface area contributed by atoms with Crippen molar-refractivity contribution in [3.05, 3.63) is 62.9 Å². The molecular weight excluding hydrogens is 300 g/mol. The van der Waals surface area contributed by atoms with Gasteiger partial charge in [-0.25, -0.2) is 9.38 Å². The molecule has 0 atom stereocenters. The lowest BCUT2D eigenvalue weighted by molar-refractivity contribution is 0.450. The van der Waals surface area contributed by atoms with E-state index in [1.807, 2.05) is 24.3 Å². The van der Waals surface area contributed by atoms with Crippen LogP contribution in [0.1, 0.15) is 5.56 Å². The number of phenolic OH excluding ortho intramolecular Hbond substituents is 2. The molecule has 2 N–H and O–H groups in total. The molecule has 2 heterocycles. The third-order valence-electron chi connectivity index (χ3n) is 3.45. The zero-order valence-corrected chi connectivity index (χ0v) is 12.0. The molecule has 0 bridgehead atoms. The Balaban J connectivity index is 2.01. The van der Waals surface area contributed by atoms with Gasteiger partial charge in [-0.15, -0.1) is 0 Å². The first kappa shape index (κ1) is 12.8. The van der Waals surface area contributed by atoms with Gasteiger partial charge in [0.25, 0.3) is 5.56 Å². The van der Waals surface area contributed by atoms with Crippen molar-refractivity contribution in [2.45, 2.75) is 0 Å². The van der Waals surface area contributed by atoms with Gasteiger partial charge >= 0.3 is 0 Å². The highest BCUT2D eigenvalue weighted by Crippen LogP contribution is 2.23. The van der Waals surface area contributed by atoms with Crippen molar-refractivity contribution in [1.29, 1.82) is 0 Å². The summed E-state index contributed by atoms with van der Waals surface area (Å²) in [7, 11) is 0. The largest absolute Gasteiger partial charge is 0.508 e. The van der Waals surface area contributed by atoms with Crippen molar-refractivity contribution in [3.63, 3.8) is 0 Å². The molecule has 0 fully saturated rings. The van der Waals surface area contributed by atoms with E-state index in [0.717, 1.165) is 11.0 Å². The molecule has 2 aromatic heterocycles. The van der Waals surface area contributed by atoms with Gasteiger partial charge in [0, 0.05) is 11.6 Å². The molecule has 2 aromatic carbocycles. The van der Waals surface area contributed by atoms with Crippen LogP contribution in [-0.2, 0) is 0 Å². The molecule has 0 aliphatic carbocycles. The molecule has 6 heteroatoms. The Morgan fingerprint density at radius 2 is 1.95 bits per heavy atom. The average molecular weight is 310 g/mol. The van der Waals surface area contributed by atoms with Crippen LogP contribution >= 0.6 is 11.3 Å². The van der Waals surface area contributed by atoms with Gasteiger partial charge in [-0.3, -0.25) is 4.79 Å². The minimum Gasteiger partial charge on any atom is -0.508 e. The third-order valence-corrected chi connectivity index (χ3v) is 4.41. The number of hydrogen-bond acceptors (Lipinski definition) is 5. The van der Waals surface area contributed by atoms with Gasteiger partial charge in [-0.05, 0) is 30.3 Å². The molecule has 4 aromatic rings. The van der Waals surface area contributed by atoms with Crippen molar-refractivity contribution in [1.82, 2.24) is 9.38 Å². The summed E-state index contributed by atoms with van der Waals surface area (Å²) in [6, 6.07) is 11.7. The van der Waals surface area contributed by atoms with Gasteiger partial charge < -0.3 is 10.2 Å². The Labute approximate surface area is 128 Å². The van der Waals surface area contributed by atoms with Crippen LogP contribution in [0, 0.1) is 0 Å². The number of fused-ring (bicyclic) bond motifs is 3. The summed E-state index contributed by atoms with van der Waals surface area (Å²) in [4.78, 5) is 17.6. The van der Waals surface area contributed by atoms with Crippen LogP contribution < -0.4 is 10.1 Å². The maximum absolute atomic E-state index is 12.6. The van der Waals surface area contributed by atoms with Gasteiger partial charge in [0.2, 0.25) is 0 Å². The van der Waals surface area contributed by atoms with E-state index in [1.54, 1.807) is 16.5 Å². The summed E-state index contributed by atoms with van der Waals surface area (Å²) in [6.07, 6.45) is 1.60. The smallest absolute Gasteiger partial charge is 0.274 e. The highest BCUT2D eigenvalue weighted by molar-refractivity contribution is 7.15. The standard InChI is InChI=1S/C16H10N2O3S/c19-10-6-5-9(13(20)8-10)7-14-15(21)18-12-4-2-1-3-11(12)17-16(18)22-14/h1-8,19-20H. The molecule has 0 saturated carbocycles. The lowest BCUT2D eigenvalue weighted by Crippen LogP contribution is -2.22. The maximum atomic E-state index is 12.6. The number of para-hydroxylation sites is 2. The number of imidazole rings is 1. The number of benzene rings is 2. The lowest BCUT2D eigenvalue weighted by atomic mass is 10.2. The molecule has 0 aliphatic rings. The first-order chi connectivity index (χ1) is 10.6. The number of aromatic hydroxyl groups is 2. The van der Waals surface area contributed by atoms with Crippen molar-refractivity contribution < 1.29 is 10.2 Å². The van der Waals surface area contributed by atoms with Crippen LogP contribution in [0.5, 0.6) is 11.5 Å². The predicted molar refractivity (Wildman–Crippen MR) is 85.4 cm³/mol. The normalized spacial score (nSPS) is 12.5. The quantitative estimate of drug-likeness (QED) is 0.563. The average Bonchev–Trinajstić information content (AvgIpc) is 2.99. The minimum atomic E-state index is -0.166. The summed E-state index contributed by atoms with van der Waals surface area (Å²) in [5, 5.41) is 19.1. The second-order valence-electron chi connectivity index (χ2n) is 4.88. The fourth-order valence-corrected chi connectivity index (χ4v) is 3.39. The Morgan fingerprint density at radius 3 is 2.77 bits per heavy atom. The predicted octanol–water partition coefficient (Wildman–Crippen LogP) is 1.87. The summed E-state index contributed by atoms with van der Waals surface area (Å²) in [5.41, 5.74) is 1.86. The van der Waals surface area contributed by atoms with Gasteiger partial charge in [-0.2, -0.15) is 0 Å². The van der Waals surface area contributed by atoms with Crippen molar-refractivity contribution in [2.75, 3.05) is 0 Å². The molecule has 0 amide bonds. The number of aromatic nitrogens is 2. The first-order valence-electron chi connectivity index (χ1n) is 6.57. The van der Waals surface area contributed by atoms with Crippen molar-refractivity contribution in [2.24, 2.45) is 0 Å². The summed E-state index contributed by atoms with van der Waals surface area (Å²) < 4.78 is 2.05. The van der Waals surface area contributed by atoms with Crippen molar-refractivity contribution in [3.8, 4) is 11.5 Å². The molecule has 0 aliphatic heterocycles. The van der Waals surface area contributed by atoms with E-state index in [9.17, 15) is 15.0 Å². The number of rotatable bonds is 1. The Kier molecular flexibility index (Phi) is 2.67. The summed E-state index contributed by atoms with van der Waals surface area (Å²) in [5.74, 6) is -0.0979. The number of nitrogens with zero attached hydrogens (tertiary/aromatic N) is 2. The van der Waals surface area contributed by atoms with Crippen LogP contribution in [0.4, 0.5) is 0 Å². The highest BCUT2D eigenvalue weighted by Gasteiger charge is 2.10. The van der Waals surface area contributed by atoms with E-state index in [-0.39, 0.29) is 17.1 Å². The molecule has 0 spiro atoms. The topological polar surface area (TPSA) is 74.8 Å². The molecule has 4 rings (SSSR count). The van der Waals surface area contributed by atoms with Gasteiger partial charge in [-0.1, -0.05) is 23.5 Å². The van der Waals surface area contributed by atoms with Gasteiger partial charge in [0.1, 0.15) is 11.5 Å². The number of thiazole rings is 1. The molecule has 22 heavy (non-hydrogen) atoms. The molecule has 0 saturated heterocycles. The van der Waals surface area contributed by atoms with E-state index >= 15 is 0 Å². The van der Waals surface area contributed by atoms with Crippen LogP contribution in [0.25, 0.3) is 22.1 Å². The van der Waals surface area contributed by atoms with E-state index in [4.69, 9.17) is 0 Å². The molecule has 108 valence electrons. The summed E-state index contributed by atoms with van der Waals surface area (Å²) >= 11 is 1.27. The van der Waals surface area contributed by atoms with Gasteiger partial charge in [0.15, 0.2) is 4.96 Å². The van der Waals surface area contributed by atoms with Crippen LogP contribution in [0.15, 0.2) is 47.3 Å². The summed E-state index contributed by atoms with van der Waals surface area (Å²) in [6.45, 7) is 0. The van der Waals surface area contributed by atoms with Gasteiger partial charge in [0.05, 0.1) is 15.6 Å². The zero-order valence-electron chi connectivity index (χ0n) is 11.2. The molecule has 0 radical (unpaired) electrons. The van der Waals surface area contributed by atoms with Crippen LogP contribution in [0.3, 0.4) is 0 Å². The van der Waals surface area contributed by atoms with Crippen LogP contribution in [-0.4, -0.2) is 19.6 Å². The monoisotopic (exact) mass is 310 g/mol. The second kappa shape index (κ2) is 4.57. The molecule has 0 unspecified atom stereocenters. The Bertz CT molecular complexity index is 1130.